The molecule has 0 spiro atoms. The molecule has 1 atom stereocenters. The molecule has 0 aromatic carbocycles. The first-order valence-corrected chi connectivity index (χ1v) is 8.04. The van der Waals surface area contributed by atoms with E-state index in [2.05, 4.69) is 32.8 Å². The molecule has 6 nitrogen and oxygen atoms in total. The molecule has 1 fully saturated rings. The van der Waals surface area contributed by atoms with E-state index in [1.54, 1.807) is 19.4 Å². The Hall–Kier alpha value is -2.65. The molecule has 24 heavy (non-hydrogen) atoms. The lowest BCUT2D eigenvalue weighted by molar-refractivity contribution is 0.178. The molecule has 0 radical (unpaired) electrons. The van der Waals surface area contributed by atoms with Crippen LogP contribution >= 0.6 is 0 Å². The maximum Gasteiger partial charge on any atom is 0.213 e. The molecule has 2 aromatic heterocycles. The van der Waals surface area contributed by atoms with Gasteiger partial charge in [-0.25, -0.2) is 9.97 Å². The van der Waals surface area contributed by atoms with Crippen LogP contribution in [0.4, 0.5) is 5.69 Å². The van der Waals surface area contributed by atoms with Gasteiger partial charge < -0.3 is 9.64 Å². The van der Waals surface area contributed by atoms with Crippen LogP contribution < -0.4 is 9.64 Å². The number of rotatable bonds is 4. The molecular formula is C18H21N5O. The van der Waals surface area contributed by atoms with Gasteiger partial charge in [-0.3, -0.25) is 4.90 Å². The van der Waals surface area contributed by atoms with Crippen molar-refractivity contribution in [3.05, 3.63) is 47.9 Å². The number of piperazine rings is 1. The summed E-state index contributed by atoms with van der Waals surface area (Å²) in [7, 11) is 1.64. The van der Waals surface area contributed by atoms with E-state index in [-0.39, 0.29) is 0 Å². The summed E-state index contributed by atoms with van der Waals surface area (Å²) in [6, 6.07) is 12.1. The van der Waals surface area contributed by atoms with Gasteiger partial charge in [-0.15, -0.1) is 0 Å². The third-order valence-electron chi connectivity index (χ3n) is 4.35. The number of hydrogen-bond donors (Lipinski definition) is 0. The van der Waals surface area contributed by atoms with Crippen molar-refractivity contribution in [3.63, 3.8) is 0 Å². The molecule has 2 aromatic rings. The summed E-state index contributed by atoms with van der Waals surface area (Å²) >= 11 is 0. The topological polar surface area (TPSA) is 65.3 Å². The highest BCUT2D eigenvalue weighted by atomic mass is 16.5. The second-order valence-electron chi connectivity index (χ2n) is 5.95. The van der Waals surface area contributed by atoms with Crippen LogP contribution in [0.25, 0.3) is 0 Å². The zero-order valence-electron chi connectivity index (χ0n) is 14.0. The molecule has 1 unspecified atom stereocenters. The van der Waals surface area contributed by atoms with Crippen LogP contribution in [-0.4, -0.2) is 47.7 Å². The van der Waals surface area contributed by atoms with Gasteiger partial charge in [0.1, 0.15) is 11.8 Å². The molecule has 0 bridgehead atoms. The van der Waals surface area contributed by atoms with E-state index in [9.17, 15) is 0 Å². The van der Waals surface area contributed by atoms with E-state index < -0.39 is 0 Å². The van der Waals surface area contributed by atoms with Crippen molar-refractivity contribution in [2.24, 2.45) is 0 Å². The predicted octanol–water partition coefficient (Wildman–Crippen LogP) is 2.07. The molecule has 0 saturated carbocycles. The number of anilines is 1. The Bertz CT molecular complexity index is 725. The molecular weight excluding hydrogens is 302 g/mol. The van der Waals surface area contributed by atoms with Crippen LogP contribution in [0.5, 0.6) is 5.88 Å². The Morgan fingerprint density at radius 1 is 1.29 bits per heavy atom. The van der Waals surface area contributed by atoms with Crippen molar-refractivity contribution in [2.75, 3.05) is 31.6 Å². The molecule has 0 aliphatic carbocycles. The Labute approximate surface area is 142 Å². The number of hydrogen-bond acceptors (Lipinski definition) is 6. The van der Waals surface area contributed by atoms with Gasteiger partial charge in [-0.2, -0.15) is 5.26 Å². The number of ether oxygens (including phenoxy) is 1. The summed E-state index contributed by atoms with van der Waals surface area (Å²) in [6.45, 7) is 5.86. The average molecular weight is 323 g/mol. The monoisotopic (exact) mass is 323 g/mol. The Morgan fingerprint density at radius 2 is 2.17 bits per heavy atom. The molecule has 1 aliphatic rings. The molecule has 6 heteroatoms. The van der Waals surface area contributed by atoms with Gasteiger partial charge in [0, 0.05) is 38.3 Å². The second kappa shape index (κ2) is 7.28. The molecule has 0 amide bonds. The highest BCUT2D eigenvalue weighted by Crippen LogP contribution is 2.20. The lowest BCUT2D eigenvalue weighted by atomic mass is 10.1. The second-order valence-corrected chi connectivity index (χ2v) is 5.95. The summed E-state index contributed by atoms with van der Waals surface area (Å²) in [5.74, 6) is 0.655. The van der Waals surface area contributed by atoms with Crippen LogP contribution in [0.2, 0.25) is 0 Å². The summed E-state index contributed by atoms with van der Waals surface area (Å²) in [4.78, 5) is 13.4. The first-order valence-electron chi connectivity index (χ1n) is 8.04. The third-order valence-corrected chi connectivity index (χ3v) is 4.35. The number of nitrogens with zero attached hydrogens (tertiary/aromatic N) is 5. The standard InChI is InChI=1S/C18H21N5O/c1-14-12-23(17-7-6-15(10-19)20-11-17)9-8-22(14)13-16-4-3-5-18(21-16)24-2/h3-7,11,14H,8-9,12-13H2,1-2H3. The zero-order valence-corrected chi connectivity index (χ0v) is 14.0. The molecule has 1 saturated heterocycles. The lowest BCUT2D eigenvalue weighted by Gasteiger charge is -2.40. The van der Waals surface area contributed by atoms with Gasteiger partial charge in [0.25, 0.3) is 0 Å². The maximum atomic E-state index is 8.85. The summed E-state index contributed by atoms with van der Waals surface area (Å²) in [5, 5.41) is 8.85. The van der Waals surface area contributed by atoms with Gasteiger partial charge in [-0.05, 0) is 25.1 Å². The fourth-order valence-corrected chi connectivity index (χ4v) is 2.97. The van der Waals surface area contributed by atoms with E-state index in [0.29, 0.717) is 17.6 Å². The van der Waals surface area contributed by atoms with Crippen molar-refractivity contribution < 1.29 is 4.74 Å². The Balaban J connectivity index is 1.63. The maximum absolute atomic E-state index is 8.85. The van der Waals surface area contributed by atoms with E-state index in [1.807, 2.05) is 24.3 Å². The highest BCUT2D eigenvalue weighted by molar-refractivity contribution is 5.46. The minimum atomic E-state index is 0.405. The fraction of sp³-hybridized carbons (Fsp3) is 0.389. The van der Waals surface area contributed by atoms with Crippen LogP contribution in [0, 0.1) is 11.3 Å². The normalized spacial score (nSPS) is 18.2. The first-order chi connectivity index (χ1) is 11.7. The molecule has 3 rings (SSSR count). The number of nitriles is 1. The zero-order chi connectivity index (χ0) is 16.9. The summed E-state index contributed by atoms with van der Waals surface area (Å²) < 4.78 is 5.20. The predicted molar refractivity (Wildman–Crippen MR) is 91.8 cm³/mol. The number of pyridine rings is 2. The minimum Gasteiger partial charge on any atom is -0.481 e. The first kappa shape index (κ1) is 16.2. The van der Waals surface area contributed by atoms with Crippen LogP contribution in [0.3, 0.4) is 0 Å². The van der Waals surface area contributed by atoms with Crippen LogP contribution in [0.15, 0.2) is 36.5 Å². The van der Waals surface area contributed by atoms with E-state index in [1.165, 1.54) is 0 Å². The lowest BCUT2D eigenvalue weighted by Crippen LogP contribution is -2.51. The number of aromatic nitrogens is 2. The fourth-order valence-electron chi connectivity index (χ4n) is 2.97. The van der Waals surface area contributed by atoms with E-state index in [4.69, 9.17) is 10.00 Å². The Kier molecular flexibility index (Phi) is 4.92. The van der Waals surface area contributed by atoms with Gasteiger partial charge >= 0.3 is 0 Å². The van der Waals surface area contributed by atoms with Crippen molar-refractivity contribution in [2.45, 2.75) is 19.5 Å². The van der Waals surface area contributed by atoms with E-state index in [0.717, 1.165) is 37.6 Å². The molecule has 3 heterocycles. The molecule has 0 N–H and O–H groups in total. The smallest absolute Gasteiger partial charge is 0.213 e. The van der Waals surface area contributed by atoms with Gasteiger partial charge in [-0.1, -0.05) is 6.07 Å². The SMILES string of the molecule is COc1cccc(CN2CCN(c3ccc(C#N)nc3)CC2C)n1. The number of methoxy groups -OCH3 is 1. The third kappa shape index (κ3) is 3.63. The van der Waals surface area contributed by atoms with Crippen molar-refractivity contribution in [1.82, 2.24) is 14.9 Å². The van der Waals surface area contributed by atoms with Crippen molar-refractivity contribution in [1.29, 1.82) is 5.26 Å². The summed E-state index contributed by atoms with van der Waals surface area (Å²) in [5.41, 5.74) is 2.55. The molecule has 124 valence electrons. The quantitative estimate of drug-likeness (QED) is 0.858. The average Bonchev–Trinajstić information content (AvgIpc) is 2.63. The molecule has 1 aliphatic heterocycles. The summed E-state index contributed by atoms with van der Waals surface area (Å²) in [6.07, 6.45) is 1.78. The van der Waals surface area contributed by atoms with Crippen molar-refractivity contribution >= 4 is 5.69 Å². The highest BCUT2D eigenvalue weighted by Gasteiger charge is 2.24. The minimum absolute atomic E-state index is 0.405. The largest absolute Gasteiger partial charge is 0.481 e. The Morgan fingerprint density at radius 3 is 2.83 bits per heavy atom. The van der Waals surface area contributed by atoms with Crippen molar-refractivity contribution in [3.8, 4) is 11.9 Å². The van der Waals surface area contributed by atoms with E-state index >= 15 is 0 Å². The van der Waals surface area contributed by atoms with Crippen LogP contribution in [-0.2, 0) is 6.54 Å². The van der Waals surface area contributed by atoms with Gasteiger partial charge in [0.05, 0.1) is 24.7 Å². The van der Waals surface area contributed by atoms with Gasteiger partial charge in [0.2, 0.25) is 5.88 Å². The van der Waals surface area contributed by atoms with Gasteiger partial charge in [0.15, 0.2) is 0 Å². The van der Waals surface area contributed by atoms with Crippen LogP contribution in [0.1, 0.15) is 18.3 Å².